The molecule has 1 spiro atoms. The summed E-state index contributed by atoms with van der Waals surface area (Å²) in [5, 5.41) is 3.20. The molecule has 23 heavy (non-hydrogen) atoms. The molecule has 3 rings (SSSR count). The van der Waals surface area contributed by atoms with Crippen LogP contribution in [0.5, 0.6) is 0 Å². The van der Waals surface area contributed by atoms with Crippen LogP contribution < -0.4 is 5.32 Å². The predicted molar refractivity (Wildman–Crippen MR) is 87.0 cm³/mol. The standard InChI is InChI=1S/C17H29N3O3/c1-3-19-8-4-5-13(12-19)18-16(22)20-9-6-17(7-10-20)11-14(17)15(21)23-2/h13-14H,3-12H2,1-2H3,(H,18,22). The van der Waals surface area contributed by atoms with Crippen molar-refractivity contribution < 1.29 is 14.3 Å². The summed E-state index contributed by atoms with van der Waals surface area (Å²) in [6.07, 6.45) is 5.01. The molecule has 1 aliphatic carbocycles. The lowest BCUT2D eigenvalue weighted by atomic mass is 9.91. The number of likely N-dealkylation sites (tertiary alicyclic amines) is 2. The molecule has 2 atom stereocenters. The van der Waals surface area contributed by atoms with Gasteiger partial charge in [0.15, 0.2) is 0 Å². The summed E-state index contributed by atoms with van der Waals surface area (Å²) < 4.78 is 4.86. The Kier molecular flexibility index (Phi) is 4.80. The maximum absolute atomic E-state index is 12.5. The van der Waals surface area contributed by atoms with Crippen molar-refractivity contribution in [3.05, 3.63) is 0 Å². The van der Waals surface area contributed by atoms with E-state index in [-0.39, 0.29) is 29.4 Å². The molecule has 0 aromatic carbocycles. The van der Waals surface area contributed by atoms with Gasteiger partial charge in [-0.05, 0) is 50.6 Å². The van der Waals surface area contributed by atoms with Crippen LogP contribution in [0.3, 0.4) is 0 Å². The molecule has 2 unspecified atom stereocenters. The number of hydrogen-bond donors (Lipinski definition) is 1. The number of amides is 2. The lowest BCUT2D eigenvalue weighted by Gasteiger charge is -2.36. The lowest BCUT2D eigenvalue weighted by molar-refractivity contribution is -0.143. The van der Waals surface area contributed by atoms with E-state index >= 15 is 0 Å². The fraction of sp³-hybridized carbons (Fsp3) is 0.882. The summed E-state index contributed by atoms with van der Waals surface area (Å²) in [6, 6.07) is 0.342. The van der Waals surface area contributed by atoms with Gasteiger partial charge in [0.2, 0.25) is 0 Å². The molecule has 1 N–H and O–H groups in total. The van der Waals surface area contributed by atoms with Gasteiger partial charge in [-0.2, -0.15) is 0 Å². The minimum Gasteiger partial charge on any atom is -0.469 e. The number of likely N-dealkylation sites (N-methyl/N-ethyl adjacent to an activating group) is 1. The van der Waals surface area contributed by atoms with Crippen LogP contribution in [0.2, 0.25) is 0 Å². The Hall–Kier alpha value is -1.30. The zero-order valence-electron chi connectivity index (χ0n) is 14.3. The van der Waals surface area contributed by atoms with Crippen molar-refractivity contribution in [3.8, 4) is 0 Å². The molecule has 2 saturated heterocycles. The van der Waals surface area contributed by atoms with E-state index < -0.39 is 0 Å². The molecule has 0 bridgehead atoms. The van der Waals surface area contributed by atoms with Gasteiger partial charge in [-0.1, -0.05) is 6.92 Å². The molecule has 0 aromatic heterocycles. The first kappa shape index (κ1) is 16.6. The number of carbonyl (C=O) groups is 2. The number of carbonyl (C=O) groups excluding carboxylic acids is 2. The molecule has 0 radical (unpaired) electrons. The zero-order chi connectivity index (χ0) is 16.4. The van der Waals surface area contributed by atoms with Crippen LogP contribution in [0, 0.1) is 11.3 Å². The Balaban J connectivity index is 1.45. The van der Waals surface area contributed by atoms with Crippen LogP contribution in [-0.4, -0.2) is 67.7 Å². The first-order valence-corrected chi connectivity index (χ1v) is 8.93. The lowest BCUT2D eigenvalue weighted by Crippen LogP contribution is -2.53. The maximum Gasteiger partial charge on any atom is 0.317 e. The molecule has 3 aliphatic rings. The third-order valence-electron chi connectivity index (χ3n) is 6.00. The van der Waals surface area contributed by atoms with Crippen molar-refractivity contribution in [2.45, 2.75) is 45.1 Å². The number of ether oxygens (including phenoxy) is 1. The third kappa shape index (κ3) is 3.47. The molecular weight excluding hydrogens is 294 g/mol. The summed E-state index contributed by atoms with van der Waals surface area (Å²) in [5.41, 5.74) is 0.119. The number of nitrogens with one attached hydrogen (secondary N) is 1. The van der Waals surface area contributed by atoms with Crippen molar-refractivity contribution in [2.24, 2.45) is 11.3 Å². The number of nitrogens with zero attached hydrogens (tertiary/aromatic N) is 2. The minimum atomic E-state index is -0.0789. The summed E-state index contributed by atoms with van der Waals surface area (Å²) in [7, 11) is 1.46. The average molecular weight is 323 g/mol. The Bertz CT molecular complexity index is 460. The molecule has 2 amide bonds. The number of piperidine rings is 2. The molecule has 2 aliphatic heterocycles. The van der Waals surface area contributed by atoms with Gasteiger partial charge in [0.25, 0.3) is 0 Å². The molecule has 2 heterocycles. The van der Waals surface area contributed by atoms with E-state index in [0.29, 0.717) is 0 Å². The van der Waals surface area contributed by atoms with Gasteiger partial charge in [0.1, 0.15) is 0 Å². The van der Waals surface area contributed by atoms with Gasteiger partial charge >= 0.3 is 12.0 Å². The fourth-order valence-electron chi connectivity index (χ4n) is 4.26. The Morgan fingerprint density at radius 1 is 1.26 bits per heavy atom. The average Bonchev–Trinajstić information content (AvgIpc) is 3.28. The molecule has 3 fully saturated rings. The van der Waals surface area contributed by atoms with Gasteiger partial charge in [-0.3, -0.25) is 4.79 Å². The predicted octanol–water partition coefficient (Wildman–Crippen LogP) is 1.46. The van der Waals surface area contributed by atoms with Crippen molar-refractivity contribution in [3.63, 3.8) is 0 Å². The first-order chi connectivity index (χ1) is 11.1. The van der Waals surface area contributed by atoms with Crippen LogP contribution >= 0.6 is 0 Å². The second-order valence-electron chi connectivity index (χ2n) is 7.31. The number of urea groups is 1. The highest BCUT2D eigenvalue weighted by Gasteiger charge is 2.59. The number of methoxy groups -OCH3 is 1. The highest BCUT2D eigenvalue weighted by molar-refractivity contribution is 5.77. The van der Waals surface area contributed by atoms with E-state index in [1.807, 2.05) is 4.90 Å². The van der Waals surface area contributed by atoms with Gasteiger partial charge in [-0.15, -0.1) is 0 Å². The van der Waals surface area contributed by atoms with E-state index in [2.05, 4.69) is 17.1 Å². The van der Waals surface area contributed by atoms with Gasteiger partial charge in [0.05, 0.1) is 13.0 Å². The van der Waals surface area contributed by atoms with Crippen LogP contribution in [-0.2, 0) is 9.53 Å². The van der Waals surface area contributed by atoms with Crippen LogP contribution in [0.4, 0.5) is 4.79 Å². The Labute approximate surface area is 138 Å². The van der Waals surface area contributed by atoms with Crippen LogP contribution in [0.1, 0.15) is 39.0 Å². The molecule has 6 heteroatoms. The molecule has 130 valence electrons. The highest BCUT2D eigenvalue weighted by Crippen LogP contribution is 2.59. The topological polar surface area (TPSA) is 61.9 Å². The van der Waals surface area contributed by atoms with E-state index in [1.165, 1.54) is 7.11 Å². The van der Waals surface area contributed by atoms with Crippen LogP contribution in [0.25, 0.3) is 0 Å². The summed E-state index contributed by atoms with van der Waals surface area (Å²) >= 11 is 0. The van der Waals surface area contributed by atoms with Gasteiger partial charge < -0.3 is 19.9 Å². The molecule has 6 nitrogen and oxygen atoms in total. The fourth-order valence-corrected chi connectivity index (χ4v) is 4.26. The second kappa shape index (κ2) is 6.67. The Morgan fingerprint density at radius 2 is 2.00 bits per heavy atom. The maximum atomic E-state index is 12.5. The Morgan fingerprint density at radius 3 is 2.65 bits per heavy atom. The number of esters is 1. The van der Waals surface area contributed by atoms with Crippen LogP contribution in [0.15, 0.2) is 0 Å². The molecule has 0 aromatic rings. The summed E-state index contributed by atoms with van der Waals surface area (Å²) in [6.45, 7) is 6.83. The van der Waals surface area contributed by atoms with Crippen molar-refractivity contribution in [1.29, 1.82) is 0 Å². The van der Waals surface area contributed by atoms with E-state index in [0.717, 1.165) is 64.8 Å². The van der Waals surface area contributed by atoms with Gasteiger partial charge in [0, 0.05) is 25.7 Å². The van der Waals surface area contributed by atoms with E-state index in [9.17, 15) is 9.59 Å². The molecular formula is C17H29N3O3. The zero-order valence-corrected chi connectivity index (χ0v) is 14.3. The van der Waals surface area contributed by atoms with Crippen molar-refractivity contribution >= 4 is 12.0 Å². The van der Waals surface area contributed by atoms with Gasteiger partial charge in [-0.25, -0.2) is 4.79 Å². The SMILES string of the molecule is CCN1CCCC(NC(=O)N2CCC3(CC2)CC3C(=O)OC)C1. The number of rotatable bonds is 3. The number of hydrogen-bond acceptors (Lipinski definition) is 4. The quantitative estimate of drug-likeness (QED) is 0.799. The third-order valence-corrected chi connectivity index (χ3v) is 6.00. The minimum absolute atomic E-state index is 0.0640. The summed E-state index contributed by atoms with van der Waals surface area (Å²) in [4.78, 5) is 28.4. The highest BCUT2D eigenvalue weighted by atomic mass is 16.5. The summed E-state index contributed by atoms with van der Waals surface area (Å²) in [5.74, 6) is -0.0149. The monoisotopic (exact) mass is 323 g/mol. The first-order valence-electron chi connectivity index (χ1n) is 8.93. The van der Waals surface area contributed by atoms with E-state index in [4.69, 9.17) is 4.74 Å². The smallest absolute Gasteiger partial charge is 0.317 e. The second-order valence-corrected chi connectivity index (χ2v) is 7.31. The van der Waals surface area contributed by atoms with Crippen molar-refractivity contribution in [1.82, 2.24) is 15.1 Å². The van der Waals surface area contributed by atoms with Crippen molar-refractivity contribution in [2.75, 3.05) is 39.8 Å². The largest absolute Gasteiger partial charge is 0.469 e. The normalized spacial score (nSPS) is 30.1. The van der Waals surface area contributed by atoms with E-state index in [1.54, 1.807) is 0 Å². The molecule has 1 saturated carbocycles.